The van der Waals surface area contributed by atoms with Crippen molar-refractivity contribution in [3.8, 4) is 0 Å². The fourth-order valence-electron chi connectivity index (χ4n) is 7.28. The van der Waals surface area contributed by atoms with Gasteiger partial charge in [-0.15, -0.1) is 0 Å². The van der Waals surface area contributed by atoms with Gasteiger partial charge < -0.3 is 10.2 Å². The Balaban J connectivity index is 1.90. The van der Waals surface area contributed by atoms with E-state index in [0.29, 0.717) is 5.57 Å². The molecule has 0 saturated heterocycles. The SMILES string of the molecule is C=C(/C=C\C(=C/C)C(C)(C)C)[C@H](O)c1ccc(C(C)(C)CCc2c(C)c(C)c(C)c(C(O)c3c(C)c(C)c(C)c(C)c3C)c2C)cc1. The minimum absolute atomic E-state index is 0.0386. The monoisotopic (exact) mass is 634 g/mol. The van der Waals surface area contributed by atoms with Crippen molar-refractivity contribution < 1.29 is 10.2 Å². The van der Waals surface area contributed by atoms with Crippen LogP contribution in [0.25, 0.3) is 0 Å². The van der Waals surface area contributed by atoms with Gasteiger partial charge in [0.1, 0.15) is 12.2 Å². The molecule has 0 aliphatic carbocycles. The number of aliphatic hydroxyl groups is 2. The van der Waals surface area contributed by atoms with Crippen LogP contribution in [0.1, 0.15) is 138 Å². The molecule has 47 heavy (non-hydrogen) atoms. The molecule has 3 rings (SSSR count). The summed E-state index contributed by atoms with van der Waals surface area (Å²) in [5.41, 5.74) is 18.6. The first kappa shape index (κ1) is 38.2. The Morgan fingerprint density at radius 1 is 0.660 bits per heavy atom. The topological polar surface area (TPSA) is 40.5 Å². The van der Waals surface area contributed by atoms with Gasteiger partial charge in [0.2, 0.25) is 0 Å². The predicted molar refractivity (Wildman–Crippen MR) is 204 cm³/mol. The molecule has 0 aliphatic rings. The Morgan fingerprint density at radius 2 is 1.11 bits per heavy atom. The Bertz CT molecular complexity index is 1670. The largest absolute Gasteiger partial charge is 0.384 e. The van der Waals surface area contributed by atoms with Gasteiger partial charge in [-0.2, -0.15) is 0 Å². The lowest BCUT2D eigenvalue weighted by atomic mass is 9.76. The Morgan fingerprint density at radius 3 is 1.57 bits per heavy atom. The lowest BCUT2D eigenvalue weighted by molar-refractivity contribution is 0.216. The molecule has 0 heterocycles. The molecule has 2 heteroatoms. The van der Waals surface area contributed by atoms with Gasteiger partial charge in [-0.1, -0.05) is 83.7 Å². The number of hydrogen-bond donors (Lipinski definition) is 2. The quantitative estimate of drug-likeness (QED) is 0.218. The Labute approximate surface area is 287 Å². The van der Waals surface area contributed by atoms with E-state index in [1.165, 1.54) is 66.8 Å². The fraction of sp³-hybridized carbons (Fsp3) is 0.467. The van der Waals surface area contributed by atoms with Crippen LogP contribution in [0.5, 0.6) is 0 Å². The number of benzene rings is 3. The van der Waals surface area contributed by atoms with Crippen molar-refractivity contribution in [3.63, 3.8) is 0 Å². The van der Waals surface area contributed by atoms with Gasteiger partial charge >= 0.3 is 0 Å². The molecule has 2 N–H and O–H groups in total. The van der Waals surface area contributed by atoms with Crippen LogP contribution in [-0.2, 0) is 11.8 Å². The van der Waals surface area contributed by atoms with Gasteiger partial charge in [0.05, 0.1) is 0 Å². The van der Waals surface area contributed by atoms with E-state index in [4.69, 9.17) is 0 Å². The highest BCUT2D eigenvalue weighted by Crippen LogP contribution is 2.40. The zero-order chi connectivity index (χ0) is 35.8. The summed E-state index contributed by atoms with van der Waals surface area (Å²) < 4.78 is 0. The summed E-state index contributed by atoms with van der Waals surface area (Å²) in [7, 11) is 0. The molecule has 0 bridgehead atoms. The van der Waals surface area contributed by atoms with Crippen LogP contribution >= 0.6 is 0 Å². The molecule has 0 spiro atoms. The molecule has 0 amide bonds. The van der Waals surface area contributed by atoms with E-state index in [1.807, 2.05) is 25.1 Å². The van der Waals surface area contributed by atoms with E-state index < -0.39 is 12.2 Å². The Kier molecular flexibility index (Phi) is 11.8. The summed E-state index contributed by atoms with van der Waals surface area (Å²) >= 11 is 0. The predicted octanol–water partition coefficient (Wildman–Crippen LogP) is 11.6. The maximum absolute atomic E-state index is 12.1. The molecular formula is C45H62O2. The van der Waals surface area contributed by atoms with Gasteiger partial charge in [0.25, 0.3) is 0 Å². The van der Waals surface area contributed by atoms with Crippen molar-refractivity contribution in [2.45, 2.75) is 134 Å². The highest BCUT2D eigenvalue weighted by molar-refractivity contribution is 5.57. The van der Waals surface area contributed by atoms with Crippen molar-refractivity contribution in [1.29, 1.82) is 0 Å². The minimum atomic E-state index is -0.749. The van der Waals surface area contributed by atoms with E-state index in [0.717, 1.165) is 29.5 Å². The maximum atomic E-state index is 12.1. The second-order valence-electron chi connectivity index (χ2n) is 15.6. The Hall–Kier alpha value is -3.20. The van der Waals surface area contributed by atoms with Crippen LogP contribution in [0.2, 0.25) is 0 Å². The molecule has 2 atom stereocenters. The summed E-state index contributed by atoms with van der Waals surface area (Å²) in [5.74, 6) is 0. The first-order valence-corrected chi connectivity index (χ1v) is 17.3. The number of rotatable bonds is 10. The highest BCUT2D eigenvalue weighted by Gasteiger charge is 2.28. The van der Waals surface area contributed by atoms with Crippen LogP contribution < -0.4 is 0 Å². The van der Waals surface area contributed by atoms with Gasteiger partial charge in [-0.25, -0.2) is 0 Å². The maximum Gasteiger partial charge on any atom is 0.105 e. The van der Waals surface area contributed by atoms with Crippen molar-refractivity contribution >= 4 is 0 Å². The van der Waals surface area contributed by atoms with Crippen molar-refractivity contribution in [3.05, 3.63) is 138 Å². The molecule has 3 aromatic rings. The summed E-state index contributed by atoms with van der Waals surface area (Å²) in [6.07, 6.45) is 6.58. The number of aliphatic hydroxyl groups excluding tert-OH is 2. The third-order valence-electron chi connectivity index (χ3n) is 11.5. The van der Waals surface area contributed by atoms with Crippen LogP contribution in [-0.4, -0.2) is 10.2 Å². The first-order valence-electron chi connectivity index (χ1n) is 17.3. The van der Waals surface area contributed by atoms with E-state index in [-0.39, 0.29) is 10.8 Å². The standard InChI is InChI=1S/C45H62O2/c1-17-37(44(12,13)14)21-18-26(2)42(46)36-19-22-38(23-20-36)45(15,16)25-24-39-31(7)30(6)34(10)41(35(39)11)43(47)40-32(8)28(4)27(3)29(5)33(40)9/h17-23,42-43,46-47H,2,24-25H2,1,3-16H3/b21-18-,37-17+/t42-,43?/m0/s1. The molecule has 254 valence electrons. The second-order valence-corrected chi connectivity index (χ2v) is 15.6. The molecule has 0 aromatic heterocycles. The normalized spacial score (nSPS) is 14.2. The van der Waals surface area contributed by atoms with Crippen LogP contribution in [0.15, 0.2) is 60.2 Å². The second kappa shape index (κ2) is 14.5. The van der Waals surface area contributed by atoms with Gasteiger partial charge in [0, 0.05) is 0 Å². The van der Waals surface area contributed by atoms with Crippen molar-refractivity contribution in [2.75, 3.05) is 0 Å². The lowest BCUT2D eigenvalue weighted by Crippen LogP contribution is -2.20. The molecular weight excluding hydrogens is 572 g/mol. The molecule has 2 nitrogen and oxygen atoms in total. The van der Waals surface area contributed by atoms with Crippen molar-refractivity contribution in [1.82, 2.24) is 0 Å². The molecule has 3 aromatic carbocycles. The smallest absolute Gasteiger partial charge is 0.105 e. The van der Waals surface area contributed by atoms with E-state index >= 15 is 0 Å². The summed E-state index contributed by atoms with van der Waals surface area (Å²) in [6, 6.07) is 8.40. The minimum Gasteiger partial charge on any atom is -0.384 e. The molecule has 0 fully saturated rings. The third kappa shape index (κ3) is 7.76. The third-order valence-corrected chi connectivity index (χ3v) is 11.5. The highest BCUT2D eigenvalue weighted by atomic mass is 16.3. The number of hydrogen-bond acceptors (Lipinski definition) is 2. The lowest BCUT2D eigenvalue weighted by Gasteiger charge is -2.30. The average Bonchev–Trinajstić information content (AvgIpc) is 3.01. The number of allylic oxidation sites excluding steroid dienone is 3. The molecule has 1 unspecified atom stereocenters. The van der Waals surface area contributed by atoms with Crippen LogP contribution in [0, 0.1) is 67.7 Å². The van der Waals surface area contributed by atoms with E-state index in [9.17, 15) is 10.2 Å². The van der Waals surface area contributed by atoms with Gasteiger partial charge in [-0.3, -0.25) is 0 Å². The van der Waals surface area contributed by atoms with E-state index in [2.05, 4.69) is 128 Å². The van der Waals surface area contributed by atoms with Gasteiger partial charge in [-0.05, 0) is 182 Å². The van der Waals surface area contributed by atoms with Crippen molar-refractivity contribution in [2.24, 2.45) is 5.41 Å². The zero-order valence-electron chi connectivity index (χ0n) is 32.2. The van der Waals surface area contributed by atoms with Gasteiger partial charge in [0.15, 0.2) is 0 Å². The summed E-state index contributed by atoms with van der Waals surface area (Å²) in [4.78, 5) is 0. The van der Waals surface area contributed by atoms with Crippen LogP contribution in [0.3, 0.4) is 0 Å². The zero-order valence-corrected chi connectivity index (χ0v) is 32.2. The van der Waals surface area contributed by atoms with E-state index in [1.54, 1.807) is 0 Å². The first-order chi connectivity index (χ1) is 21.7. The molecule has 0 aliphatic heterocycles. The summed E-state index contributed by atoms with van der Waals surface area (Å²) in [5, 5.41) is 23.2. The summed E-state index contributed by atoms with van der Waals surface area (Å²) in [6.45, 7) is 37.0. The average molecular weight is 635 g/mol. The fourth-order valence-corrected chi connectivity index (χ4v) is 7.28. The molecule has 0 radical (unpaired) electrons. The van der Waals surface area contributed by atoms with Crippen LogP contribution in [0.4, 0.5) is 0 Å². The molecule has 0 saturated carbocycles.